The van der Waals surface area contributed by atoms with Gasteiger partial charge in [0.15, 0.2) is 0 Å². The minimum atomic E-state index is -3.60. The SMILES string of the molecule is COc1ccccc1S(=O)(=O)N1CC(n2cc(Cn3nccn3)nn2)C1. The minimum Gasteiger partial charge on any atom is -0.495 e. The Morgan fingerprint density at radius 2 is 1.92 bits per heavy atom. The van der Waals surface area contributed by atoms with Crippen LogP contribution in [-0.2, 0) is 16.6 Å². The molecule has 1 fully saturated rings. The Bertz CT molecular complexity index is 994. The van der Waals surface area contributed by atoms with E-state index >= 15 is 0 Å². The maximum atomic E-state index is 12.8. The second-order valence-electron chi connectivity index (χ2n) is 5.88. The third-order valence-electron chi connectivity index (χ3n) is 4.22. The quantitative estimate of drug-likeness (QED) is 0.604. The topological polar surface area (TPSA) is 108 Å². The average molecular weight is 375 g/mol. The molecule has 0 saturated carbocycles. The number of aromatic nitrogens is 6. The first-order chi connectivity index (χ1) is 12.6. The number of ether oxygens (including phenoxy) is 1. The molecule has 1 aliphatic rings. The fraction of sp³-hybridized carbons (Fsp3) is 0.333. The van der Waals surface area contributed by atoms with Crippen molar-refractivity contribution in [3.63, 3.8) is 0 Å². The third kappa shape index (κ3) is 2.95. The van der Waals surface area contributed by atoms with E-state index in [0.717, 1.165) is 0 Å². The van der Waals surface area contributed by atoms with Gasteiger partial charge in [0, 0.05) is 13.1 Å². The summed E-state index contributed by atoms with van der Waals surface area (Å²) in [6.07, 6.45) is 4.98. The number of rotatable bonds is 6. The van der Waals surface area contributed by atoms with Gasteiger partial charge in [-0.2, -0.15) is 19.3 Å². The van der Waals surface area contributed by atoms with Crippen molar-refractivity contribution in [1.29, 1.82) is 0 Å². The zero-order chi connectivity index (χ0) is 18.1. The average Bonchev–Trinajstić information content (AvgIpc) is 3.26. The lowest BCUT2D eigenvalue weighted by atomic mass is 10.2. The Hall–Kier alpha value is -2.79. The zero-order valence-electron chi connectivity index (χ0n) is 14.0. The molecule has 136 valence electrons. The van der Waals surface area contributed by atoms with Crippen LogP contribution < -0.4 is 4.74 Å². The molecule has 0 unspecified atom stereocenters. The first-order valence-electron chi connectivity index (χ1n) is 7.96. The van der Waals surface area contributed by atoms with Crippen LogP contribution in [0.2, 0.25) is 0 Å². The molecular formula is C15H17N7O3S. The van der Waals surface area contributed by atoms with Crippen LogP contribution in [0.25, 0.3) is 0 Å². The van der Waals surface area contributed by atoms with Gasteiger partial charge in [-0.15, -0.1) is 5.10 Å². The van der Waals surface area contributed by atoms with E-state index in [4.69, 9.17) is 4.74 Å². The fourth-order valence-electron chi connectivity index (χ4n) is 2.79. The summed E-state index contributed by atoms with van der Waals surface area (Å²) in [5.74, 6) is 0.339. The highest BCUT2D eigenvalue weighted by Crippen LogP contribution is 2.32. The molecule has 1 aromatic carbocycles. The van der Waals surface area contributed by atoms with Crippen molar-refractivity contribution in [2.45, 2.75) is 17.5 Å². The summed E-state index contributed by atoms with van der Waals surface area (Å²) in [4.78, 5) is 1.68. The lowest BCUT2D eigenvalue weighted by molar-refractivity contribution is 0.188. The molecule has 1 saturated heterocycles. The van der Waals surface area contributed by atoms with Crippen LogP contribution in [0.5, 0.6) is 5.75 Å². The van der Waals surface area contributed by atoms with E-state index in [1.54, 1.807) is 47.5 Å². The van der Waals surface area contributed by atoms with Crippen molar-refractivity contribution in [3.05, 3.63) is 48.5 Å². The monoisotopic (exact) mass is 375 g/mol. The van der Waals surface area contributed by atoms with Gasteiger partial charge < -0.3 is 4.74 Å². The van der Waals surface area contributed by atoms with Crippen LogP contribution in [0.15, 0.2) is 47.8 Å². The molecule has 26 heavy (non-hydrogen) atoms. The summed E-state index contributed by atoms with van der Waals surface area (Å²) in [5, 5.41) is 16.2. The molecule has 10 nitrogen and oxygen atoms in total. The summed E-state index contributed by atoms with van der Waals surface area (Å²) in [6, 6.07) is 6.55. The maximum Gasteiger partial charge on any atom is 0.246 e. The fourth-order valence-corrected chi connectivity index (χ4v) is 4.46. The van der Waals surface area contributed by atoms with E-state index < -0.39 is 10.0 Å². The number of para-hydroxylation sites is 1. The molecule has 11 heteroatoms. The molecule has 3 heterocycles. The smallest absolute Gasteiger partial charge is 0.246 e. The molecule has 2 aromatic heterocycles. The summed E-state index contributed by atoms with van der Waals surface area (Å²) in [5.41, 5.74) is 0.715. The van der Waals surface area contributed by atoms with Gasteiger partial charge >= 0.3 is 0 Å². The van der Waals surface area contributed by atoms with Crippen molar-refractivity contribution < 1.29 is 13.2 Å². The second-order valence-corrected chi connectivity index (χ2v) is 7.78. The number of sulfonamides is 1. The van der Waals surface area contributed by atoms with Crippen molar-refractivity contribution in [1.82, 2.24) is 34.3 Å². The third-order valence-corrected chi connectivity index (χ3v) is 6.09. The Balaban J connectivity index is 1.44. The van der Waals surface area contributed by atoms with Crippen LogP contribution in [0.3, 0.4) is 0 Å². The minimum absolute atomic E-state index is 0.0497. The van der Waals surface area contributed by atoms with Gasteiger partial charge in [-0.05, 0) is 12.1 Å². The van der Waals surface area contributed by atoms with Gasteiger partial charge in [-0.25, -0.2) is 13.1 Å². The second kappa shape index (κ2) is 6.50. The van der Waals surface area contributed by atoms with Gasteiger partial charge in [-0.3, -0.25) is 0 Å². The van der Waals surface area contributed by atoms with Crippen molar-refractivity contribution in [3.8, 4) is 5.75 Å². The van der Waals surface area contributed by atoms with Crippen molar-refractivity contribution in [2.75, 3.05) is 20.2 Å². The zero-order valence-corrected chi connectivity index (χ0v) is 14.8. The lowest BCUT2D eigenvalue weighted by Crippen LogP contribution is -2.50. The normalized spacial score (nSPS) is 15.7. The Kier molecular flexibility index (Phi) is 4.17. The van der Waals surface area contributed by atoms with Crippen LogP contribution in [0, 0.1) is 0 Å². The predicted molar refractivity (Wildman–Crippen MR) is 89.9 cm³/mol. The summed E-state index contributed by atoms with van der Waals surface area (Å²) >= 11 is 0. The van der Waals surface area contributed by atoms with Crippen LogP contribution >= 0.6 is 0 Å². The Morgan fingerprint density at radius 3 is 2.65 bits per heavy atom. The molecule has 0 atom stereocenters. The maximum absolute atomic E-state index is 12.8. The van der Waals surface area contributed by atoms with Gasteiger partial charge in [0.05, 0.1) is 31.7 Å². The summed E-state index contributed by atoms with van der Waals surface area (Å²) < 4.78 is 33.8. The van der Waals surface area contributed by atoms with E-state index in [1.807, 2.05) is 0 Å². The van der Waals surface area contributed by atoms with Gasteiger partial charge in [0.2, 0.25) is 10.0 Å². The molecular weight excluding hydrogens is 358 g/mol. The van der Waals surface area contributed by atoms with E-state index in [1.165, 1.54) is 16.2 Å². The van der Waals surface area contributed by atoms with Crippen LogP contribution in [0.4, 0.5) is 0 Å². The van der Waals surface area contributed by atoms with E-state index in [2.05, 4.69) is 20.5 Å². The molecule has 0 N–H and O–H groups in total. The largest absolute Gasteiger partial charge is 0.495 e. The van der Waals surface area contributed by atoms with E-state index in [0.29, 0.717) is 31.1 Å². The number of nitrogens with zero attached hydrogens (tertiary/aromatic N) is 7. The highest BCUT2D eigenvalue weighted by atomic mass is 32.2. The highest BCUT2D eigenvalue weighted by Gasteiger charge is 2.39. The van der Waals surface area contributed by atoms with Crippen molar-refractivity contribution >= 4 is 10.0 Å². The molecule has 4 rings (SSSR count). The predicted octanol–water partition coefficient (Wildman–Crippen LogP) is 0.172. The number of hydrogen-bond acceptors (Lipinski definition) is 7. The summed E-state index contributed by atoms with van der Waals surface area (Å²) in [7, 11) is -2.14. The molecule has 1 aliphatic heterocycles. The van der Waals surface area contributed by atoms with E-state index in [9.17, 15) is 8.42 Å². The number of methoxy groups -OCH3 is 1. The standard InChI is InChI=1S/C15H17N7O3S/c1-25-14-4-2-3-5-15(14)26(23,24)20-10-13(11-20)21-8-12(18-19-21)9-22-16-6-7-17-22/h2-8,13H,9-11H2,1H3. The van der Waals surface area contributed by atoms with Crippen molar-refractivity contribution in [2.24, 2.45) is 0 Å². The molecule has 0 spiro atoms. The molecule has 0 amide bonds. The van der Waals surface area contributed by atoms with Gasteiger partial charge in [-0.1, -0.05) is 17.3 Å². The number of benzene rings is 1. The van der Waals surface area contributed by atoms with Crippen LogP contribution in [0.1, 0.15) is 11.7 Å². The number of hydrogen-bond donors (Lipinski definition) is 0. The Morgan fingerprint density at radius 1 is 1.19 bits per heavy atom. The Labute approximate surface area is 150 Å². The molecule has 0 bridgehead atoms. The summed E-state index contributed by atoms with van der Waals surface area (Å²) in [6.45, 7) is 1.09. The first kappa shape index (κ1) is 16.7. The molecule has 0 aliphatic carbocycles. The van der Waals surface area contributed by atoms with Crippen LogP contribution in [-0.4, -0.2) is 62.9 Å². The van der Waals surface area contributed by atoms with Gasteiger partial charge in [0.1, 0.15) is 22.9 Å². The molecule has 3 aromatic rings. The van der Waals surface area contributed by atoms with Gasteiger partial charge in [0.25, 0.3) is 0 Å². The van der Waals surface area contributed by atoms with E-state index in [-0.39, 0.29) is 10.9 Å². The first-order valence-corrected chi connectivity index (χ1v) is 9.40. The lowest BCUT2D eigenvalue weighted by Gasteiger charge is -2.37. The molecule has 0 radical (unpaired) electrons. The highest BCUT2D eigenvalue weighted by molar-refractivity contribution is 7.89.